The van der Waals surface area contributed by atoms with Crippen LogP contribution in [-0.4, -0.2) is 16.2 Å². The molecule has 0 aliphatic heterocycles. The predicted octanol–water partition coefficient (Wildman–Crippen LogP) is 3.68. The number of hydrogen-bond donors (Lipinski definition) is 2. The summed E-state index contributed by atoms with van der Waals surface area (Å²) in [6.07, 6.45) is 7.49. The zero-order chi connectivity index (χ0) is 12.7. The van der Waals surface area contributed by atoms with Crippen molar-refractivity contribution in [3.8, 4) is 11.3 Å². The Hall–Kier alpha value is -1.77. The van der Waals surface area contributed by atoms with Crippen LogP contribution in [0.4, 0.5) is 5.69 Å². The predicted molar refractivity (Wildman–Crippen MR) is 76.9 cm³/mol. The maximum atomic E-state index is 3.99. The zero-order valence-corrected chi connectivity index (χ0v) is 11.0. The van der Waals surface area contributed by atoms with Crippen molar-refractivity contribution in [1.82, 2.24) is 10.2 Å². The second-order valence-corrected chi connectivity index (χ2v) is 5.97. The summed E-state index contributed by atoms with van der Waals surface area (Å²) < 4.78 is 0. The lowest BCUT2D eigenvalue weighted by molar-refractivity contribution is 0.440. The Labute approximate surface area is 113 Å². The minimum Gasteiger partial charge on any atom is -0.382 e. The molecule has 1 aromatic heterocycles. The van der Waals surface area contributed by atoms with Crippen LogP contribution in [0.2, 0.25) is 0 Å². The van der Waals surface area contributed by atoms with Crippen LogP contribution in [0.15, 0.2) is 36.5 Å². The third-order valence-corrected chi connectivity index (χ3v) is 4.79. The fourth-order valence-electron chi connectivity index (χ4n) is 3.80. The second kappa shape index (κ2) is 4.41. The number of fused-ring (bicyclic) bond motifs is 2. The van der Waals surface area contributed by atoms with E-state index in [1.807, 2.05) is 6.07 Å². The maximum Gasteiger partial charge on any atom is 0.0650 e. The molecule has 19 heavy (non-hydrogen) atoms. The smallest absolute Gasteiger partial charge is 0.0650 e. The Bertz CT molecular complexity index is 544. The molecule has 1 aromatic carbocycles. The van der Waals surface area contributed by atoms with Gasteiger partial charge in [0.2, 0.25) is 0 Å². The Balaban J connectivity index is 1.48. The summed E-state index contributed by atoms with van der Waals surface area (Å²) >= 11 is 0. The van der Waals surface area contributed by atoms with Gasteiger partial charge in [0.1, 0.15) is 0 Å². The fourth-order valence-corrected chi connectivity index (χ4v) is 3.80. The lowest BCUT2D eigenvalue weighted by Gasteiger charge is -2.24. The number of benzene rings is 1. The van der Waals surface area contributed by atoms with E-state index in [2.05, 4.69) is 39.8 Å². The highest BCUT2D eigenvalue weighted by molar-refractivity contribution is 5.62. The van der Waals surface area contributed by atoms with Crippen molar-refractivity contribution in [1.29, 1.82) is 0 Å². The van der Waals surface area contributed by atoms with Gasteiger partial charge in [0.05, 0.1) is 5.69 Å². The normalized spacial score (nSPS) is 28.7. The molecule has 2 aromatic rings. The number of aromatic amines is 1. The minimum atomic E-state index is 0.705. The van der Waals surface area contributed by atoms with Gasteiger partial charge >= 0.3 is 0 Å². The molecule has 2 bridgehead atoms. The van der Waals surface area contributed by atoms with Crippen LogP contribution in [0.5, 0.6) is 0 Å². The number of hydrogen-bond acceptors (Lipinski definition) is 2. The average Bonchev–Trinajstić information content (AvgIpc) is 3.17. The first-order valence-electron chi connectivity index (χ1n) is 7.25. The Morgan fingerprint density at radius 1 is 1.05 bits per heavy atom. The highest BCUT2D eigenvalue weighted by Crippen LogP contribution is 2.45. The minimum absolute atomic E-state index is 0.705. The van der Waals surface area contributed by atoms with Crippen LogP contribution in [-0.2, 0) is 0 Å². The van der Waals surface area contributed by atoms with Crippen molar-refractivity contribution >= 4 is 5.69 Å². The SMILES string of the molecule is c1cc(-c2ccc(NC3CC4CCC3C4)cc2)[nH]n1. The molecule has 0 saturated heterocycles. The van der Waals surface area contributed by atoms with E-state index >= 15 is 0 Å². The quantitative estimate of drug-likeness (QED) is 0.876. The molecule has 0 amide bonds. The van der Waals surface area contributed by atoms with Gasteiger partial charge in [-0.1, -0.05) is 18.6 Å². The molecule has 2 saturated carbocycles. The fraction of sp³-hybridized carbons (Fsp3) is 0.438. The standard InChI is InChI=1S/C16H19N3/c1-2-13-9-11(1)10-16(13)18-14-5-3-12(4-6-14)15-7-8-17-19-15/h3-8,11,13,16,18H,1-2,9-10H2,(H,17,19). The van der Waals surface area contributed by atoms with Gasteiger partial charge in [-0.25, -0.2) is 0 Å². The molecule has 3 atom stereocenters. The van der Waals surface area contributed by atoms with Gasteiger partial charge in [0.25, 0.3) is 0 Å². The monoisotopic (exact) mass is 253 g/mol. The summed E-state index contributed by atoms with van der Waals surface area (Å²) in [4.78, 5) is 0. The van der Waals surface area contributed by atoms with Gasteiger partial charge in [-0.05, 0) is 54.9 Å². The molecule has 0 radical (unpaired) electrons. The molecule has 4 rings (SSSR count). The van der Waals surface area contributed by atoms with E-state index in [0.717, 1.165) is 17.5 Å². The van der Waals surface area contributed by atoms with Crippen molar-refractivity contribution in [3.63, 3.8) is 0 Å². The molecule has 3 unspecified atom stereocenters. The van der Waals surface area contributed by atoms with E-state index < -0.39 is 0 Å². The number of nitrogens with one attached hydrogen (secondary N) is 2. The summed E-state index contributed by atoms with van der Waals surface area (Å²) in [5, 5.41) is 10.7. The number of rotatable bonds is 3. The van der Waals surface area contributed by atoms with Gasteiger partial charge in [-0.15, -0.1) is 0 Å². The van der Waals surface area contributed by atoms with Crippen LogP contribution in [0, 0.1) is 11.8 Å². The summed E-state index contributed by atoms with van der Waals surface area (Å²) in [7, 11) is 0. The molecular weight excluding hydrogens is 234 g/mol. The van der Waals surface area contributed by atoms with E-state index in [-0.39, 0.29) is 0 Å². The average molecular weight is 253 g/mol. The van der Waals surface area contributed by atoms with Crippen molar-refractivity contribution in [2.75, 3.05) is 5.32 Å². The van der Waals surface area contributed by atoms with Crippen molar-refractivity contribution in [2.45, 2.75) is 31.7 Å². The van der Waals surface area contributed by atoms with Gasteiger partial charge in [0.15, 0.2) is 0 Å². The third kappa shape index (κ3) is 2.03. The Morgan fingerprint density at radius 2 is 1.95 bits per heavy atom. The molecular formula is C16H19N3. The number of H-pyrrole nitrogens is 1. The highest BCUT2D eigenvalue weighted by Gasteiger charge is 2.39. The van der Waals surface area contributed by atoms with Gasteiger partial charge in [-0.3, -0.25) is 5.10 Å². The molecule has 98 valence electrons. The summed E-state index contributed by atoms with van der Waals surface area (Å²) in [6.45, 7) is 0. The van der Waals surface area contributed by atoms with Crippen molar-refractivity contribution < 1.29 is 0 Å². The Morgan fingerprint density at radius 3 is 2.58 bits per heavy atom. The van der Waals surface area contributed by atoms with Crippen LogP contribution in [0.3, 0.4) is 0 Å². The van der Waals surface area contributed by atoms with Crippen molar-refractivity contribution in [2.24, 2.45) is 11.8 Å². The van der Waals surface area contributed by atoms with Crippen LogP contribution >= 0.6 is 0 Å². The number of nitrogens with zero attached hydrogens (tertiary/aromatic N) is 1. The lowest BCUT2D eigenvalue weighted by Crippen LogP contribution is -2.25. The molecule has 2 aliphatic carbocycles. The zero-order valence-electron chi connectivity index (χ0n) is 11.0. The summed E-state index contributed by atoms with van der Waals surface area (Å²) in [5.41, 5.74) is 3.52. The molecule has 3 heteroatoms. The topological polar surface area (TPSA) is 40.7 Å². The summed E-state index contributed by atoms with van der Waals surface area (Å²) in [6, 6.07) is 11.4. The molecule has 2 N–H and O–H groups in total. The van der Waals surface area contributed by atoms with Gasteiger partial charge in [0, 0.05) is 17.9 Å². The van der Waals surface area contributed by atoms with E-state index in [1.165, 1.54) is 36.9 Å². The van der Waals surface area contributed by atoms with Crippen LogP contribution in [0.25, 0.3) is 11.3 Å². The molecule has 1 heterocycles. The number of anilines is 1. The Kier molecular flexibility index (Phi) is 2.57. The first kappa shape index (κ1) is 11.1. The molecule has 2 fully saturated rings. The van der Waals surface area contributed by atoms with Gasteiger partial charge < -0.3 is 5.32 Å². The molecule has 2 aliphatic rings. The maximum absolute atomic E-state index is 3.99. The van der Waals surface area contributed by atoms with E-state index in [9.17, 15) is 0 Å². The summed E-state index contributed by atoms with van der Waals surface area (Å²) in [5.74, 6) is 1.91. The highest BCUT2D eigenvalue weighted by atomic mass is 15.1. The van der Waals surface area contributed by atoms with E-state index in [4.69, 9.17) is 0 Å². The lowest BCUT2D eigenvalue weighted by atomic mass is 9.95. The number of aromatic nitrogens is 2. The molecule has 3 nitrogen and oxygen atoms in total. The van der Waals surface area contributed by atoms with E-state index in [0.29, 0.717) is 6.04 Å². The van der Waals surface area contributed by atoms with Gasteiger partial charge in [-0.2, -0.15) is 5.10 Å². The van der Waals surface area contributed by atoms with Crippen LogP contribution in [0.1, 0.15) is 25.7 Å². The largest absolute Gasteiger partial charge is 0.382 e. The first-order chi connectivity index (χ1) is 9.38. The van der Waals surface area contributed by atoms with E-state index in [1.54, 1.807) is 6.20 Å². The first-order valence-corrected chi connectivity index (χ1v) is 7.25. The third-order valence-electron chi connectivity index (χ3n) is 4.79. The molecule has 0 spiro atoms. The van der Waals surface area contributed by atoms with Crippen LogP contribution < -0.4 is 5.32 Å². The van der Waals surface area contributed by atoms with Crippen molar-refractivity contribution in [3.05, 3.63) is 36.5 Å². The second-order valence-electron chi connectivity index (χ2n) is 5.97.